The van der Waals surface area contributed by atoms with Gasteiger partial charge in [-0.3, -0.25) is 14.4 Å². The van der Waals surface area contributed by atoms with E-state index in [0.717, 1.165) is 16.8 Å². The highest BCUT2D eigenvalue weighted by atomic mass is 16.6. The highest BCUT2D eigenvalue weighted by molar-refractivity contribution is 6.06. The third-order valence-electron chi connectivity index (χ3n) is 8.90. The van der Waals surface area contributed by atoms with Gasteiger partial charge in [-0.2, -0.15) is 0 Å². The highest BCUT2D eigenvalue weighted by Crippen LogP contribution is 2.59. The summed E-state index contributed by atoms with van der Waals surface area (Å²) in [5, 5.41) is 10.5. The Bertz CT molecular complexity index is 1200. The highest BCUT2D eigenvalue weighted by Gasteiger charge is 2.76. The summed E-state index contributed by atoms with van der Waals surface area (Å²) in [6.07, 6.45) is 9.10. The second-order valence-electron chi connectivity index (χ2n) is 11.8. The first-order valence-electron chi connectivity index (χ1n) is 14.1. The molecule has 39 heavy (non-hydrogen) atoms. The smallest absolute Gasteiger partial charge is 0.313 e. The van der Waals surface area contributed by atoms with Crippen molar-refractivity contribution in [2.75, 3.05) is 24.7 Å². The van der Waals surface area contributed by atoms with Crippen LogP contribution in [0.25, 0.3) is 0 Å². The Morgan fingerprint density at radius 1 is 1.05 bits per heavy atom. The van der Waals surface area contributed by atoms with Crippen molar-refractivity contribution in [1.29, 1.82) is 0 Å². The summed E-state index contributed by atoms with van der Waals surface area (Å²) in [4.78, 5) is 46.1. The topological polar surface area (TPSA) is 96.4 Å². The van der Waals surface area contributed by atoms with Crippen molar-refractivity contribution in [2.24, 2.45) is 17.8 Å². The van der Waals surface area contributed by atoms with Gasteiger partial charge < -0.3 is 24.4 Å². The number of likely N-dealkylation sites (tertiary alicyclic amines) is 1. The predicted octanol–water partition coefficient (Wildman–Crippen LogP) is 3.48. The minimum Gasteiger partial charge on any atom is -0.465 e. The SMILES string of the molecule is CC[C@@]12C=CCCOC(=O)[C@@H]1[C@H]1C(=O)N([C@@H](CO)CC(C)C)C3C(=O)N(c4c(C)cccc4C)CC=C[C@@]31O2. The van der Waals surface area contributed by atoms with E-state index < -0.39 is 41.1 Å². The zero-order valence-corrected chi connectivity index (χ0v) is 23.6. The first kappa shape index (κ1) is 27.6. The molecular weight excluding hydrogens is 496 g/mol. The Morgan fingerprint density at radius 2 is 1.77 bits per heavy atom. The average Bonchev–Trinajstić information content (AvgIpc) is 3.24. The summed E-state index contributed by atoms with van der Waals surface area (Å²) >= 11 is 0. The number of carbonyl (C=O) groups excluding carboxylic acids is 3. The summed E-state index contributed by atoms with van der Waals surface area (Å²) < 4.78 is 12.6. The van der Waals surface area contributed by atoms with Gasteiger partial charge in [0.1, 0.15) is 23.2 Å². The number of para-hydroxylation sites is 1. The molecule has 1 N–H and O–H groups in total. The van der Waals surface area contributed by atoms with E-state index in [0.29, 0.717) is 25.8 Å². The molecule has 1 spiro atoms. The van der Waals surface area contributed by atoms with Gasteiger partial charge >= 0.3 is 5.97 Å². The largest absolute Gasteiger partial charge is 0.465 e. The Hall–Kier alpha value is -2.97. The molecule has 2 saturated heterocycles. The minimum atomic E-state index is -1.38. The van der Waals surface area contributed by atoms with Crippen LogP contribution < -0.4 is 4.90 Å². The molecule has 1 aromatic carbocycles. The number of benzene rings is 1. The molecular formula is C31H40N2O6. The quantitative estimate of drug-likeness (QED) is 0.442. The van der Waals surface area contributed by atoms with Crippen molar-refractivity contribution < 1.29 is 29.0 Å². The van der Waals surface area contributed by atoms with E-state index in [1.54, 1.807) is 9.80 Å². The van der Waals surface area contributed by atoms with Gasteiger partial charge in [-0.1, -0.05) is 63.3 Å². The summed E-state index contributed by atoms with van der Waals surface area (Å²) in [5.41, 5.74) is 0.252. The predicted molar refractivity (Wildman–Crippen MR) is 147 cm³/mol. The van der Waals surface area contributed by atoms with E-state index in [1.165, 1.54) is 0 Å². The zero-order valence-electron chi connectivity index (χ0n) is 23.6. The van der Waals surface area contributed by atoms with Gasteiger partial charge in [0.25, 0.3) is 5.91 Å². The molecule has 0 radical (unpaired) electrons. The van der Waals surface area contributed by atoms with Crippen molar-refractivity contribution in [2.45, 2.75) is 77.2 Å². The lowest BCUT2D eigenvalue weighted by atomic mass is 9.73. The van der Waals surface area contributed by atoms with Crippen LogP contribution in [0, 0.1) is 31.6 Å². The number of aryl methyl sites for hydroxylation is 2. The fourth-order valence-electron chi connectivity index (χ4n) is 7.31. The molecule has 8 heteroatoms. The minimum absolute atomic E-state index is 0.169. The van der Waals surface area contributed by atoms with Crippen LogP contribution in [0.1, 0.15) is 51.2 Å². The zero-order chi connectivity index (χ0) is 28.1. The average molecular weight is 537 g/mol. The van der Waals surface area contributed by atoms with Crippen molar-refractivity contribution in [3.63, 3.8) is 0 Å². The molecule has 1 aromatic rings. The van der Waals surface area contributed by atoms with Crippen LogP contribution in [0.15, 0.2) is 42.5 Å². The molecule has 4 heterocycles. The number of nitrogens with zero attached hydrogens (tertiary/aromatic N) is 2. The van der Waals surface area contributed by atoms with Gasteiger partial charge in [0.05, 0.1) is 25.2 Å². The Kier molecular flexibility index (Phi) is 7.22. The van der Waals surface area contributed by atoms with E-state index in [1.807, 2.05) is 77.1 Å². The van der Waals surface area contributed by atoms with E-state index in [-0.39, 0.29) is 30.9 Å². The van der Waals surface area contributed by atoms with Gasteiger partial charge in [0.15, 0.2) is 0 Å². The Labute approximate surface area is 230 Å². The van der Waals surface area contributed by atoms with Crippen LogP contribution in [-0.4, -0.2) is 70.8 Å². The van der Waals surface area contributed by atoms with E-state index in [2.05, 4.69) is 0 Å². The molecule has 2 amide bonds. The number of rotatable bonds is 6. The number of cyclic esters (lactones) is 1. The molecule has 4 aliphatic rings. The van der Waals surface area contributed by atoms with Gasteiger partial charge in [-0.15, -0.1) is 0 Å². The summed E-state index contributed by atoms with van der Waals surface area (Å²) in [7, 11) is 0. The number of esters is 1. The number of amides is 2. The number of aliphatic hydroxyl groups excluding tert-OH is 1. The number of fused-ring (bicyclic) bond motifs is 2. The maximum absolute atomic E-state index is 14.7. The number of ether oxygens (including phenoxy) is 2. The fraction of sp³-hybridized carbons (Fsp3) is 0.581. The van der Waals surface area contributed by atoms with Gasteiger partial charge in [0, 0.05) is 12.2 Å². The second kappa shape index (κ2) is 10.2. The molecule has 6 atom stereocenters. The molecule has 210 valence electrons. The third-order valence-corrected chi connectivity index (χ3v) is 8.90. The third kappa shape index (κ3) is 4.14. The number of hydrogen-bond acceptors (Lipinski definition) is 6. The number of carbonyl (C=O) groups is 3. The van der Waals surface area contributed by atoms with Crippen LogP contribution in [-0.2, 0) is 23.9 Å². The van der Waals surface area contributed by atoms with Crippen molar-refractivity contribution >= 4 is 23.5 Å². The molecule has 4 aliphatic heterocycles. The van der Waals surface area contributed by atoms with Gasteiger partial charge in [-0.25, -0.2) is 0 Å². The van der Waals surface area contributed by atoms with Gasteiger partial charge in [0.2, 0.25) is 5.91 Å². The van der Waals surface area contributed by atoms with Crippen LogP contribution >= 0.6 is 0 Å². The molecule has 0 aromatic heterocycles. The van der Waals surface area contributed by atoms with E-state index in [4.69, 9.17) is 9.47 Å². The first-order chi connectivity index (χ1) is 18.6. The summed E-state index contributed by atoms with van der Waals surface area (Å²) in [5.74, 6) is -2.76. The maximum atomic E-state index is 14.7. The number of aliphatic hydroxyl groups is 1. The number of anilines is 1. The molecule has 0 bridgehead atoms. The van der Waals surface area contributed by atoms with Crippen LogP contribution in [0.2, 0.25) is 0 Å². The van der Waals surface area contributed by atoms with E-state index >= 15 is 0 Å². The molecule has 0 saturated carbocycles. The van der Waals surface area contributed by atoms with Crippen molar-refractivity contribution in [1.82, 2.24) is 4.90 Å². The molecule has 1 unspecified atom stereocenters. The normalized spacial score (nSPS) is 32.9. The van der Waals surface area contributed by atoms with E-state index in [9.17, 15) is 19.5 Å². The van der Waals surface area contributed by atoms with Crippen LogP contribution in [0.3, 0.4) is 0 Å². The molecule has 2 fully saturated rings. The fourth-order valence-corrected chi connectivity index (χ4v) is 7.31. The van der Waals surface area contributed by atoms with Crippen molar-refractivity contribution in [3.05, 3.63) is 53.6 Å². The first-order valence-corrected chi connectivity index (χ1v) is 14.1. The standard InChI is InChI=1S/C31H40N2O6/c1-6-30-13-7-8-16-38-29(37)24(30)23-27(35)33(22(18-34)17-19(2)3)26-28(36)32(15-10-14-31(23,26)39-30)25-20(4)11-9-12-21(25)5/h7,9-14,19,22-24,26,34H,6,8,15-18H2,1-5H3/t22-,23+,24+,26?,30-,31+/m1/s1. The summed E-state index contributed by atoms with van der Waals surface area (Å²) in [6.45, 7) is 10.2. The molecule has 8 nitrogen and oxygen atoms in total. The molecule has 0 aliphatic carbocycles. The monoisotopic (exact) mass is 536 g/mol. The lowest BCUT2D eigenvalue weighted by Gasteiger charge is -2.41. The molecule has 5 rings (SSSR count). The Morgan fingerprint density at radius 3 is 2.41 bits per heavy atom. The van der Waals surface area contributed by atoms with Crippen molar-refractivity contribution in [3.8, 4) is 0 Å². The summed E-state index contributed by atoms with van der Waals surface area (Å²) in [6, 6.07) is 4.26. The van der Waals surface area contributed by atoms with Crippen LogP contribution in [0.5, 0.6) is 0 Å². The van der Waals surface area contributed by atoms with Gasteiger partial charge in [-0.05, 0) is 50.2 Å². The number of hydrogen-bond donors (Lipinski definition) is 1. The maximum Gasteiger partial charge on any atom is 0.313 e. The lowest BCUT2D eigenvalue weighted by Crippen LogP contribution is -2.59. The second-order valence-corrected chi connectivity index (χ2v) is 11.8. The lowest BCUT2D eigenvalue weighted by molar-refractivity contribution is -0.162. The Balaban J connectivity index is 1.72. The van der Waals surface area contributed by atoms with Crippen LogP contribution in [0.4, 0.5) is 5.69 Å².